The van der Waals surface area contributed by atoms with Gasteiger partial charge in [0, 0.05) is 25.2 Å². The van der Waals surface area contributed by atoms with Crippen LogP contribution >= 0.6 is 0 Å². The van der Waals surface area contributed by atoms with Crippen molar-refractivity contribution >= 4 is 5.97 Å². The molecule has 0 aromatic carbocycles. The monoisotopic (exact) mass is 201 g/mol. The molecule has 2 atom stereocenters. The molecule has 82 valence electrons. The third kappa shape index (κ3) is 3.25. The van der Waals surface area contributed by atoms with Crippen LogP contribution < -0.4 is 5.32 Å². The van der Waals surface area contributed by atoms with E-state index < -0.39 is 5.97 Å². The fourth-order valence-electron chi connectivity index (χ4n) is 1.76. The summed E-state index contributed by atoms with van der Waals surface area (Å²) in [4.78, 5) is 10.2. The highest BCUT2D eigenvalue weighted by molar-refractivity contribution is 5.66. The molecule has 1 rings (SSSR count). The molecule has 0 saturated carbocycles. The van der Waals surface area contributed by atoms with Gasteiger partial charge in [0.25, 0.3) is 0 Å². The second-order valence-electron chi connectivity index (χ2n) is 3.77. The van der Waals surface area contributed by atoms with Crippen molar-refractivity contribution in [3.63, 3.8) is 0 Å². The number of hydroxylamine groups is 2. The number of carboxylic acid groups (broad SMARTS) is 1. The van der Waals surface area contributed by atoms with E-state index in [9.17, 15) is 10.0 Å². The van der Waals surface area contributed by atoms with Gasteiger partial charge in [0.2, 0.25) is 0 Å². The Morgan fingerprint density at radius 2 is 2.36 bits per heavy atom. The second-order valence-corrected chi connectivity index (χ2v) is 3.77. The number of rotatable bonds is 5. The fraction of sp³-hybridized carbons (Fsp3) is 0.889. The minimum Gasteiger partial charge on any atom is -0.784 e. The lowest BCUT2D eigenvalue weighted by Crippen LogP contribution is -2.31. The lowest BCUT2D eigenvalue weighted by Gasteiger charge is -2.30. The number of nitrogens with one attached hydrogen (secondary N) is 1. The average Bonchev–Trinajstić information content (AvgIpc) is 2.42. The molecule has 0 spiro atoms. The highest BCUT2D eigenvalue weighted by atomic mass is 16.5. The fourth-order valence-corrected chi connectivity index (χ4v) is 1.76. The van der Waals surface area contributed by atoms with Gasteiger partial charge in [-0.25, -0.2) is 0 Å². The Labute approximate surface area is 83.7 Å². The average molecular weight is 201 g/mol. The Morgan fingerprint density at radius 1 is 1.64 bits per heavy atom. The number of carbonyl (C=O) groups is 1. The molecule has 0 bridgehead atoms. The van der Waals surface area contributed by atoms with Crippen molar-refractivity contribution in [1.82, 2.24) is 10.4 Å². The zero-order valence-corrected chi connectivity index (χ0v) is 8.40. The maximum absolute atomic E-state index is 11.3. The molecule has 2 N–H and O–H groups in total. The number of nitrogens with zero attached hydrogens (tertiary/aromatic N) is 1. The van der Waals surface area contributed by atoms with Gasteiger partial charge in [-0.2, -0.15) is 0 Å². The third-order valence-electron chi connectivity index (χ3n) is 2.66. The molecular weight excluding hydrogens is 184 g/mol. The summed E-state index contributed by atoms with van der Waals surface area (Å²) in [5.74, 6) is -0.762. The van der Waals surface area contributed by atoms with Gasteiger partial charge in [-0.05, 0) is 19.8 Å². The molecule has 14 heavy (non-hydrogen) atoms. The number of hydrogen-bond acceptors (Lipinski definition) is 4. The summed E-state index contributed by atoms with van der Waals surface area (Å²) < 4.78 is 0. The maximum Gasteiger partial charge on any atom is 0.303 e. The summed E-state index contributed by atoms with van der Waals surface area (Å²) in [5, 5.41) is 23.8. The first-order valence-electron chi connectivity index (χ1n) is 5.00. The van der Waals surface area contributed by atoms with Crippen LogP contribution in [0.3, 0.4) is 0 Å². The number of unbranched alkanes of at least 4 members (excludes halogenated alkanes) is 1. The zero-order valence-electron chi connectivity index (χ0n) is 8.40. The molecule has 0 amide bonds. The third-order valence-corrected chi connectivity index (χ3v) is 2.66. The standard InChI is InChI=1S/C9H17N2O3/c1-7-8(11(14)6-10-7)4-2-3-5-9(12)13/h7-8,10H,2-6H2,1H3,(H,12,13)/q-1. The Kier molecular flexibility index (Phi) is 4.31. The zero-order chi connectivity index (χ0) is 10.6. The van der Waals surface area contributed by atoms with Crippen LogP contribution in [0.1, 0.15) is 32.6 Å². The second kappa shape index (κ2) is 5.29. The smallest absolute Gasteiger partial charge is 0.303 e. The molecule has 1 aliphatic rings. The van der Waals surface area contributed by atoms with Crippen LogP contribution in [0.5, 0.6) is 0 Å². The molecule has 1 aliphatic heterocycles. The molecule has 5 heteroatoms. The van der Waals surface area contributed by atoms with Crippen LogP contribution in [-0.2, 0) is 4.79 Å². The molecule has 1 heterocycles. The molecule has 2 unspecified atom stereocenters. The summed E-state index contributed by atoms with van der Waals surface area (Å²) in [6, 6.07) is 0.237. The van der Waals surface area contributed by atoms with E-state index in [1.165, 1.54) is 0 Å². The van der Waals surface area contributed by atoms with Crippen molar-refractivity contribution < 1.29 is 9.90 Å². The number of aliphatic carboxylic acids is 1. The predicted octanol–water partition coefficient (Wildman–Crippen LogP) is 0.749. The lowest BCUT2D eigenvalue weighted by molar-refractivity contribution is -0.137. The van der Waals surface area contributed by atoms with Gasteiger partial charge in [0.1, 0.15) is 0 Å². The summed E-state index contributed by atoms with van der Waals surface area (Å²) in [6.07, 6.45) is 2.45. The van der Waals surface area contributed by atoms with E-state index in [0.29, 0.717) is 13.1 Å². The van der Waals surface area contributed by atoms with E-state index >= 15 is 0 Å². The summed E-state index contributed by atoms with van der Waals surface area (Å²) in [6.45, 7) is 2.38. The summed E-state index contributed by atoms with van der Waals surface area (Å²) in [5.41, 5.74) is 0. The first-order valence-corrected chi connectivity index (χ1v) is 5.00. The number of carboxylic acids is 1. The normalized spacial score (nSPS) is 28.1. The van der Waals surface area contributed by atoms with Crippen LogP contribution in [0.25, 0.3) is 0 Å². The molecular formula is C9H17N2O3-. The first-order chi connectivity index (χ1) is 6.61. The van der Waals surface area contributed by atoms with Crippen LogP contribution in [-0.4, -0.2) is 34.9 Å². The van der Waals surface area contributed by atoms with E-state index in [0.717, 1.165) is 17.9 Å². The van der Waals surface area contributed by atoms with Gasteiger partial charge >= 0.3 is 5.97 Å². The van der Waals surface area contributed by atoms with E-state index in [1.54, 1.807) is 0 Å². The van der Waals surface area contributed by atoms with Crippen LogP contribution in [0, 0.1) is 5.21 Å². The van der Waals surface area contributed by atoms with Gasteiger partial charge in [-0.15, -0.1) is 0 Å². The minimum atomic E-state index is -0.762. The van der Waals surface area contributed by atoms with Crippen molar-refractivity contribution in [3.05, 3.63) is 5.21 Å². The molecule has 1 fully saturated rings. The van der Waals surface area contributed by atoms with Crippen molar-refractivity contribution in [2.24, 2.45) is 0 Å². The van der Waals surface area contributed by atoms with E-state index in [-0.39, 0.29) is 18.5 Å². The van der Waals surface area contributed by atoms with Gasteiger partial charge in [0.05, 0.1) is 0 Å². The highest BCUT2D eigenvalue weighted by Crippen LogP contribution is 2.16. The Balaban J connectivity index is 2.14. The summed E-state index contributed by atoms with van der Waals surface area (Å²) >= 11 is 0. The van der Waals surface area contributed by atoms with Crippen molar-refractivity contribution in [2.75, 3.05) is 6.67 Å². The maximum atomic E-state index is 11.3. The van der Waals surface area contributed by atoms with Gasteiger partial charge in [0.15, 0.2) is 0 Å². The van der Waals surface area contributed by atoms with E-state index in [4.69, 9.17) is 5.11 Å². The van der Waals surface area contributed by atoms with Crippen molar-refractivity contribution in [1.29, 1.82) is 0 Å². The first kappa shape index (κ1) is 11.4. The Bertz CT molecular complexity index is 188. The molecule has 0 radical (unpaired) electrons. The SMILES string of the molecule is CC1NCN([O-])C1CCCCC(=O)O. The quantitative estimate of drug-likeness (QED) is 0.642. The molecule has 0 aromatic rings. The van der Waals surface area contributed by atoms with Crippen LogP contribution in [0.2, 0.25) is 0 Å². The van der Waals surface area contributed by atoms with Crippen molar-refractivity contribution in [3.8, 4) is 0 Å². The lowest BCUT2D eigenvalue weighted by atomic mass is 10.0. The Hall–Kier alpha value is -0.650. The van der Waals surface area contributed by atoms with Crippen LogP contribution in [0.4, 0.5) is 0 Å². The van der Waals surface area contributed by atoms with Gasteiger partial charge in [-0.3, -0.25) is 4.79 Å². The highest BCUT2D eigenvalue weighted by Gasteiger charge is 2.23. The molecule has 1 saturated heterocycles. The predicted molar refractivity (Wildman–Crippen MR) is 52.6 cm³/mol. The minimum absolute atomic E-state index is 0.0174. The molecule has 0 aromatic heterocycles. The topological polar surface area (TPSA) is 75.6 Å². The van der Waals surface area contributed by atoms with E-state index in [2.05, 4.69) is 5.32 Å². The Morgan fingerprint density at radius 3 is 2.86 bits per heavy atom. The largest absolute Gasteiger partial charge is 0.784 e. The molecule has 0 aliphatic carbocycles. The van der Waals surface area contributed by atoms with Crippen LogP contribution in [0.15, 0.2) is 0 Å². The summed E-state index contributed by atoms with van der Waals surface area (Å²) in [7, 11) is 0. The van der Waals surface area contributed by atoms with Gasteiger partial charge in [-0.1, -0.05) is 6.42 Å². The van der Waals surface area contributed by atoms with Crippen molar-refractivity contribution in [2.45, 2.75) is 44.7 Å². The molecule has 5 nitrogen and oxygen atoms in total. The van der Waals surface area contributed by atoms with E-state index in [1.807, 2.05) is 6.92 Å². The number of hydrogen-bond donors (Lipinski definition) is 2. The van der Waals surface area contributed by atoms with Gasteiger partial charge < -0.3 is 20.7 Å².